The summed E-state index contributed by atoms with van der Waals surface area (Å²) in [6.07, 6.45) is 0. The van der Waals surface area contributed by atoms with Crippen LogP contribution in [0.4, 0.5) is 5.69 Å². The van der Waals surface area contributed by atoms with Crippen molar-refractivity contribution in [2.45, 2.75) is 11.5 Å². The van der Waals surface area contributed by atoms with Gasteiger partial charge in [-0.05, 0) is 39.2 Å². The second kappa shape index (κ2) is 6.12. The number of rotatable bonds is 4. The summed E-state index contributed by atoms with van der Waals surface area (Å²) < 4.78 is 0.967. The average Bonchev–Trinajstić information content (AvgIpc) is 2.35. The van der Waals surface area contributed by atoms with Gasteiger partial charge in [-0.2, -0.15) is 11.8 Å². The molecule has 0 aliphatic heterocycles. The number of thioether (sulfide) groups is 1. The van der Waals surface area contributed by atoms with Crippen LogP contribution in [-0.2, 0) is 11.5 Å². The van der Waals surface area contributed by atoms with Crippen LogP contribution in [0.1, 0.15) is 11.1 Å². The van der Waals surface area contributed by atoms with Crippen LogP contribution in [0.2, 0.25) is 0 Å². The summed E-state index contributed by atoms with van der Waals surface area (Å²) in [7, 11) is 0. The van der Waals surface area contributed by atoms with E-state index in [4.69, 9.17) is 5.73 Å². The summed E-state index contributed by atoms with van der Waals surface area (Å²) in [5.41, 5.74) is 9.29. The van der Waals surface area contributed by atoms with Crippen molar-refractivity contribution < 1.29 is 0 Å². The summed E-state index contributed by atoms with van der Waals surface area (Å²) in [6, 6.07) is 16.7. The Hall–Kier alpha value is -0.930. The van der Waals surface area contributed by atoms with Gasteiger partial charge in [-0.15, -0.1) is 0 Å². The van der Waals surface area contributed by atoms with E-state index in [2.05, 4.69) is 46.3 Å². The molecule has 0 heterocycles. The Bertz CT molecular complexity index is 485. The molecule has 88 valence electrons. The van der Waals surface area contributed by atoms with E-state index in [9.17, 15) is 0 Å². The molecule has 2 N–H and O–H groups in total. The molecule has 0 aliphatic rings. The Balaban J connectivity index is 1.88. The van der Waals surface area contributed by atoms with E-state index < -0.39 is 0 Å². The smallest absolute Gasteiger partial charge is 0.0461 e. The van der Waals surface area contributed by atoms with Gasteiger partial charge in [0.1, 0.15) is 0 Å². The van der Waals surface area contributed by atoms with Crippen molar-refractivity contribution in [3.05, 3.63) is 64.1 Å². The minimum atomic E-state index is 0.808. The highest BCUT2D eigenvalue weighted by atomic mass is 79.9. The first-order chi connectivity index (χ1) is 8.25. The first kappa shape index (κ1) is 12.5. The van der Waals surface area contributed by atoms with E-state index in [1.54, 1.807) is 0 Å². The molecule has 0 bridgehead atoms. The first-order valence-corrected chi connectivity index (χ1v) is 7.36. The van der Waals surface area contributed by atoms with Gasteiger partial charge in [0.25, 0.3) is 0 Å². The monoisotopic (exact) mass is 307 g/mol. The molecule has 0 aliphatic carbocycles. The van der Waals surface area contributed by atoms with Crippen molar-refractivity contribution in [1.29, 1.82) is 0 Å². The van der Waals surface area contributed by atoms with Crippen LogP contribution in [0, 0.1) is 0 Å². The lowest BCUT2D eigenvalue weighted by Gasteiger charge is -2.04. The summed E-state index contributed by atoms with van der Waals surface area (Å²) in [5, 5.41) is 0. The molecule has 3 heteroatoms. The molecule has 0 atom stereocenters. The standard InChI is InChI=1S/C14H14BrNS/c15-13-7-6-12(8-14(13)16)10-17-9-11-4-2-1-3-5-11/h1-8H,9-10,16H2. The van der Waals surface area contributed by atoms with Gasteiger partial charge in [0.15, 0.2) is 0 Å². The molecule has 0 aromatic heterocycles. The first-order valence-electron chi connectivity index (χ1n) is 5.41. The topological polar surface area (TPSA) is 26.0 Å². The average molecular weight is 308 g/mol. The van der Waals surface area contributed by atoms with E-state index in [0.29, 0.717) is 0 Å². The number of benzene rings is 2. The molecule has 0 fully saturated rings. The molecular formula is C14H14BrNS. The minimum absolute atomic E-state index is 0.808. The summed E-state index contributed by atoms with van der Waals surface area (Å²) in [4.78, 5) is 0. The quantitative estimate of drug-likeness (QED) is 0.844. The van der Waals surface area contributed by atoms with E-state index >= 15 is 0 Å². The Morgan fingerprint density at radius 1 is 0.941 bits per heavy atom. The van der Waals surface area contributed by atoms with Crippen LogP contribution >= 0.6 is 27.7 Å². The maximum Gasteiger partial charge on any atom is 0.0461 e. The fourth-order valence-electron chi connectivity index (χ4n) is 1.54. The third-order valence-electron chi connectivity index (χ3n) is 2.44. The van der Waals surface area contributed by atoms with Crippen molar-refractivity contribution in [1.82, 2.24) is 0 Å². The zero-order chi connectivity index (χ0) is 12.1. The van der Waals surface area contributed by atoms with E-state index in [1.165, 1.54) is 11.1 Å². The Kier molecular flexibility index (Phi) is 4.51. The van der Waals surface area contributed by atoms with Crippen molar-refractivity contribution in [3.8, 4) is 0 Å². The van der Waals surface area contributed by atoms with E-state index in [0.717, 1.165) is 21.7 Å². The van der Waals surface area contributed by atoms with Crippen LogP contribution in [-0.4, -0.2) is 0 Å². The predicted octanol–water partition coefficient (Wildman–Crippen LogP) is 4.46. The van der Waals surface area contributed by atoms with Gasteiger partial charge >= 0.3 is 0 Å². The normalized spacial score (nSPS) is 10.4. The van der Waals surface area contributed by atoms with Crippen LogP contribution in [0.15, 0.2) is 53.0 Å². The molecule has 0 saturated carbocycles. The third kappa shape index (κ3) is 3.79. The summed E-state index contributed by atoms with van der Waals surface area (Å²) >= 11 is 5.31. The van der Waals surface area contributed by atoms with Crippen LogP contribution in [0.25, 0.3) is 0 Å². The molecule has 0 saturated heterocycles. The summed E-state index contributed by atoms with van der Waals surface area (Å²) in [5.74, 6) is 2.03. The highest BCUT2D eigenvalue weighted by Gasteiger charge is 1.99. The number of halogens is 1. The van der Waals surface area contributed by atoms with Crippen molar-refractivity contribution in [2.24, 2.45) is 0 Å². The highest BCUT2D eigenvalue weighted by molar-refractivity contribution is 9.10. The van der Waals surface area contributed by atoms with Crippen LogP contribution in [0.5, 0.6) is 0 Å². The molecule has 0 amide bonds. The third-order valence-corrected chi connectivity index (χ3v) is 4.24. The van der Waals surface area contributed by atoms with Gasteiger partial charge in [0.05, 0.1) is 0 Å². The van der Waals surface area contributed by atoms with E-state index in [-0.39, 0.29) is 0 Å². The van der Waals surface area contributed by atoms with Gasteiger partial charge in [-0.3, -0.25) is 0 Å². The SMILES string of the molecule is Nc1cc(CSCc2ccccc2)ccc1Br. The molecular weight excluding hydrogens is 294 g/mol. The van der Waals surface area contributed by atoms with Crippen LogP contribution in [0.3, 0.4) is 0 Å². The van der Waals surface area contributed by atoms with Gasteiger partial charge < -0.3 is 5.73 Å². The number of anilines is 1. The van der Waals surface area contributed by atoms with Crippen molar-refractivity contribution in [3.63, 3.8) is 0 Å². The van der Waals surface area contributed by atoms with Crippen molar-refractivity contribution in [2.75, 3.05) is 5.73 Å². The molecule has 17 heavy (non-hydrogen) atoms. The highest BCUT2D eigenvalue weighted by Crippen LogP contribution is 2.24. The van der Waals surface area contributed by atoms with Crippen molar-refractivity contribution >= 4 is 33.4 Å². The molecule has 0 spiro atoms. The second-order valence-electron chi connectivity index (χ2n) is 3.83. The van der Waals surface area contributed by atoms with Gasteiger partial charge in [0, 0.05) is 21.7 Å². The lowest BCUT2D eigenvalue weighted by Crippen LogP contribution is -1.89. The lowest BCUT2D eigenvalue weighted by molar-refractivity contribution is 1.36. The molecule has 0 unspecified atom stereocenters. The van der Waals surface area contributed by atoms with Gasteiger partial charge in [0.2, 0.25) is 0 Å². The van der Waals surface area contributed by atoms with E-state index in [1.807, 2.05) is 30.0 Å². The predicted molar refractivity (Wildman–Crippen MR) is 80.0 cm³/mol. The maximum atomic E-state index is 5.85. The minimum Gasteiger partial charge on any atom is -0.398 e. The number of hydrogen-bond acceptors (Lipinski definition) is 2. The number of nitrogens with two attached hydrogens (primary N) is 1. The fourth-order valence-corrected chi connectivity index (χ4v) is 2.74. The lowest BCUT2D eigenvalue weighted by atomic mass is 10.2. The number of hydrogen-bond donors (Lipinski definition) is 1. The summed E-state index contributed by atoms with van der Waals surface area (Å²) in [6.45, 7) is 0. The molecule has 2 aromatic rings. The van der Waals surface area contributed by atoms with Gasteiger partial charge in [-0.1, -0.05) is 36.4 Å². The van der Waals surface area contributed by atoms with Crippen LogP contribution < -0.4 is 5.73 Å². The molecule has 2 rings (SSSR count). The zero-order valence-electron chi connectivity index (χ0n) is 9.40. The Morgan fingerprint density at radius 3 is 2.35 bits per heavy atom. The molecule has 0 radical (unpaired) electrons. The maximum absolute atomic E-state index is 5.85. The number of nitrogen functional groups attached to an aromatic ring is 1. The largest absolute Gasteiger partial charge is 0.398 e. The Labute approximate surface area is 115 Å². The molecule has 2 aromatic carbocycles. The zero-order valence-corrected chi connectivity index (χ0v) is 11.8. The fraction of sp³-hybridized carbons (Fsp3) is 0.143. The van der Waals surface area contributed by atoms with Gasteiger partial charge in [-0.25, -0.2) is 0 Å². The second-order valence-corrected chi connectivity index (χ2v) is 5.67. The molecule has 1 nitrogen and oxygen atoms in total. The Morgan fingerprint density at radius 2 is 1.65 bits per heavy atom.